The number of esters is 5. The molecule has 0 radical (unpaired) electrons. The van der Waals surface area contributed by atoms with Crippen LogP contribution < -0.4 is 0 Å². The van der Waals surface area contributed by atoms with Crippen LogP contribution in [0.25, 0.3) is 0 Å². The molecule has 4 aliphatic carbocycles. The van der Waals surface area contributed by atoms with Crippen LogP contribution in [0.1, 0.15) is 85.5 Å². The lowest BCUT2D eigenvalue weighted by Gasteiger charge is -2.62. The Morgan fingerprint density at radius 2 is 1.34 bits per heavy atom. The quantitative estimate of drug-likeness (QED) is 0.351. The molecule has 12 nitrogen and oxygen atoms in total. The summed E-state index contributed by atoms with van der Waals surface area (Å²) in [5, 5.41) is 13.2. The van der Waals surface area contributed by atoms with Crippen molar-refractivity contribution in [2.45, 2.75) is 111 Å². The summed E-state index contributed by atoms with van der Waals surface area (Å²) < 4.78 is 30.1. The van der Waals surface area contributed by atoms with Crippen molar-refractivity contribution in [3.63, 3.8) is 0 Å². The van der Waals surface area contributed by atoms with Gasteiger partial charge in [-0.15, -0.1) is 0 Å². The second-order valence-electron chi connectivity index (χ2n) is 14.9. The Morgan fingerprint density at radius 3 is 1.87 bits per heavy atom. The average Bonchev–Trinajstić information content (AvgIpc) is 3.37. The average molecular weight is 657 g/mol. The summed E-state index contributed by atoms with van der Waals surface area (Å²) in [4.78, 5) is 79.1. The van der Waals surface area contributed by atoms with E-state index in [0.717, 1.165) is 6.92 Å². The Labute approximate surface area is 273 Å². The predicted molar refractivity (Wildman–Crippen MR) is 162 cm³/mol. The van der Waals surface area contributed by atoms with Crippen LogP contribution in [0.15, 0.2) is 30.3 Å². The number of carbonyl (C=O) groups excluding carboxylic acids is 6. The molecular formula is C35H44O12. The van der Waals surface area contributed by atoms with Gasteiger partial charge in [0.05, 0.1) is 11.5 Å². The van der Waals surface area contributed by atoms with Crippen molar-refractivity contribution in [3.05, 3.63) is 35.9 Å². The van der Waals surface area contributed by atoms with E-state index in [9.17, 15) is 33.9 Å². The summed E-state index contributed by atoms with van der Waals surface area (Å²) in [5.74, 6) is -7.10. The maximum absolute atomic E-state index is 14.3. The number of Topliss-reactive ketones (excluding diaryl/α,β-unsaturated/α-hetero) is 1. The van der Waals surface area contributed by atoms with Crippen LogP contribution in [-0.2, 0) is 47.7 Å². The molecule has 0 saturated heterocycles. The fourth-order valence-electron chi connectivity index (χ4n) is 9.91. The lowest BCUT2D eigenvalue weighted by molar-refractivity contribution is -0.300. The van der Waals surface area contributed by atoms with E-state index >= 15 is 0 Å². The summed E-state index contributed by atoms with van der Waals surface area (Å²) >= 11 is 0. The summed E-state index contributed by atoms with van der Waals surface area (Å²) in [6, 6.07) is 8.14. The van der Waals surface area contributed by atoms with Crippen LogP contribution in [0.4, 0.5) is 0 Å². The smallest absolute Gasteiger partial charge is 0.338 e. The van der Waals surface area contributed by atoms with Gasteiger partial charge in [0.2, 0.25) is 0 Å². The summed E-state index contributed by atoms with van der Waals surface area (Å²) in [6.07, 6.45) is -5.43. The molecule has 5 rings (SSSR count). The number of ether oxygens (including phenoxy) is 5. The maximum atomic E-state index is 14.3. The minimum absolute atomic E-state index is 0.142. The van der Waals surface area contributed by atoms with Crippen molar-refractivity contribution in [3.8, 4) is 0 Å². The fraction of sp³-hybridized carbons (Fsp3) is 0.657. The molecule has 0 spiro atoms. The number of ketones is 1. The van der Waals surface area contributed by atoms with Crippen molar-refractivity contribution in [1.82, 2.24) is 0 Å². The molecule has 0 aliphatic heterocycles. The van der Waals surface area contributed by atoms with Crippen molar-refractivity contribution < 1.29 is 57.6 Å². The van der Waals surface area contributed by atoms with Gasteiger partial charge >= 0.3 is 29.8 Å². The number of carbonyl (C=O) groups is 6. The lowest BCUT2D eigenvalue weighted by Crippen LogP contribution is -2.75. The summed E-state index contributed by atoms with van der Waals surface area (Å²) in [6.45, 7) is 13.3. The van der Waals surface area contributed by atoms with Gasteiger partial charge in [0, 0.05) is 62.2 Å². The predicted octanol–water partition coefficient (Wildman–Crippen LogP) is 3.35. The van der Waals surface area contributed by atoms with Crippen molar-refractivity contribution in [2.24, 2.45) is 34.0 Å². The number of rotatable bonds is 6. The Bertz CT molecular complexity index is 1520. The lowest BCUT2D eigenvalue weighted by atomic mass is 9.47. The van der Waals surface area contributed by atoms with Gasteiger partial charge in [-0.05, 0) is 18.6 Å². The van der Waals surface area contributed by atoms with Gasteiger partial charge in [-0.3, -0.25) is 24.0 Å². The first-order chi connectivity index (χ1) is 21.7. The van der Waals surface area contributed by atoms with E-state index in [-0.39, 0.29) is 24.2 Å². The second kappa shape index (κ2) is 11.1. The Morgan fingerprint density at radius 1 is 0.787 bits per heavy atom. The van der Waals surface area contributed by atoms with Gasteiger partial charge in [0.15, 0.2) is 11.4 Å². The van der Waals surface area contributed by atoms with Crippen LogP contribution in [-0.4, -0.2) is 76.4 Å². The van der Waals surface area contributed by atoms with E-state index in [1.165, 1.54) is 20.8 Å². The molecule has 0 aromatic heterocycles. The van der Waals surface area contributed by atoms with Crippen LogP contribution in [0.2, 0.25) is 0 Å². The molecule has 0 heterocycles. The molecule has 1 aromatic carbocycles. The third-order valence-corrected chi connectivity index (χ3v) is 11.6. The molecule has 4 aliphatic rings. The van der Waals surface area contributed by atoms with Crippen molar-refractivity contribution in [1.29, 1.82) is 0 Å². The SMILES string of the molecule is CC(=O)O[C@@H]1[C@@]2(O)[C@@H]([C@H](OC(=O)c3ccccc3)[C@H](C)[C@@H]2OC(C)=O)[C@H](OC(C)=O)[C@@]2(C)C[C@]3(OC(C)=O)C(=O)C(C)(C)C[C@@H]3[C@@]12C. The third kappa shape index (κ3) is 4.80. The highest BCUT2D eigenvalue weighted by Crippen LogP contribution is 2.77. The van der Waals surface area contributed by atoms with Gasteiger partial charge in [0.1, 0.15) is 30.0 Å². The molecule has 4 fully saturated rings. The highest BCUT2D eigenvalue weighted by atomic mass is 16.6. The number of hydrogen-bond acceptors (Lipinski definition) is 12. The number of aliphatic hydroxyl groups is 1. The first-order valence-electron chi connectivity index (χ1n) is 15.9. The van der Waals surface area contributed by atoms with E-state index in [2.05, 4.69) is 0 Å². The molecule has 1 N–H and O–H groups in total. The standard InChI is InChI=1S/C35H44O12/c1-17-25(46-28(40)22-13-11-10-12-14-22)24-27(44-19(3)37)32(8)16-34(47-21(5)39)23(15-31(6,7)29(34)41)33(32,9)30(45-20(4)38)35(24,42)26(17)43-18(2)36/h10-14,17,23-27,30,42H,15-16H2,1-9H3/t17-,23+,24-,25+,26-,27-,30-,32+,33-,34+,35+/m0/s1. The zero-order valence-corrected chi connectivity index (χ0v) is 28.3. The number of hydrogen-bond donors (Lipinski definition) is 1. The summed E-state index contributed by atoms with van der Waals surface area (Å²) in [5.41, 5.74) is -7.57. The monoisotopic (exact) mass is 656 g/mol. The first-order valence-corrected chi connectivity index (χ1v) is 15.9. The van der Waals surface area contributed by atoms with E-state index in [0.29, 0.717) is 0 Å². The minimum atomic E-state index is -2.31. The molecule has 0 amide bonds. The molecule has 1 aromatic rings. The van der Waals surface area contributed by atoms with Crippen molar-refractivity contribution >= 4 is 35.6 Å². The molecule has 47 heavy (non-hydrogen) atoms. The fourth-order valence-corrected chi connectivity index (χ4v) is 9.91. The molecular weight excluding hydrogens is 612 g/mol. The van der Waals surface area contributed by atoms with Gasteiger partial charge in [-0.2, -0.15) is 0 Å². The zero-order chi connectivity index (χ0) is 35.1. The molecule has 11 atom stereocenters. The normalized spacial score (nSPS) is 41.1. The minimum Gasteiger partial charge on any atom is -0.461 e. The van der Waals surface area contributed by atoms with Crippen LogP contribution in [0.3, 0.4) is 0 Å². The first kappa shape index (κ1) is 34.5. The molecule has 0 bridgehead atoms. The zero-order valence-electron chi connectivity index (χ0n) is 28.3. The van der Waals surface area contributed by atoms with Gasteiger partial charge < -0.3 is 28.8 Å². The third-order valence-electron chi connectivity index (χ3n) is 11.6. The molecule has 0 unspecified atom stereocenters. The highest BCUT2D eigenvalue weighted by Gasteiger charge is 2.88. The van der Waals surface area contributed by atoms with E-state index in [1.807, 2.05) is 0 Å². The van der Waals surface area contributed by atoms with Gasteiger partial charge in [-0.25, -0.2) is 4.79 Å². The van der Waals surface area contributed by atoms with Crippen LogP contribution >= 0.6 is 0 Å². The van der Waals surface area contributed by atoms with Crippen molar-refractivity contribution in [2.75, 3.05) is 0 Å². The molecule has 4 saturated carbocycles. The van der Waals surface area contributed by atoms with E-state index in [1.54, 1.807) is 65.0 Å². The Balaban J connectivity index is 1.81. The summed E-state index contributed by atoms with van der Waals surface area (Å²) in [7, 11) is 0. The van der Waals surface area contributed by atoms with E-state index in [4.69, 9.17) is 23.7 Å². The largest absolute Gasteiger partial charge is 0.461 e. The molecule has 12 heteroatoms. The molecule has 256 valence electrons. The van der Waals surface area contributed by atoms with Crippen LogP contribution in [0, 0.1) is 34.0 Å². The second-order valence-corrected chi connectivity index (χ2v) is 14.9. The van der Waals surface area contributed by atoms with Gasteiger partial charge in [-0.1, -0.05) is 52.8 Å². The maximum Gasteiger partial charge on any atom is 0.338 e. The Hall–Kier alpha value is -3.80. The van der Waals surface area contributed by atoms with Gasteiger partial charge in [0.25, 0.3) is 0 Å². The van der Waals surface area contributed by atoms with E-state index < -0.39 is 99.5 Å². The van der Waals surface area contributed by atoms with Crippen LogP contribution in [0.5, 0.6) is 0 Å². The number of benzene rings is 1. The highest BCUT2D eigenvalue weighted by molar-refractivity contribution is 5.97. The number of fused-ring (bicyclic) bond motifs is 4. The Kier molecular flexibility index (Phi) is 8.18. The topological polar surface area (TPSA) is 169 Å².